The Hall–Kier alpha value is -1.23. The van der Waals surface area contributed by atoms with Crippen LogP contribution in [0.15, 0.2) is 34.0 Å². The van der Waals surface area contributed by atoms with Crippen molar-refractivity contribution in [1.29, 1.82) is 0 Å². The molecule has 0 spiro atoms. The topological polar surface area (TPSA) is 51.8 Å². The number of rotatable bonds is 1. The molecule has 0 aliphatic rings. The number of hydrogen-bond donors (Lipinski definition) is 0. The van der Waals surface area contributed by atoms with Crippen molar-refractivity contribution < 1.29 is 4.42 Å². The second kappa shape index (κ2) is 3.02. The second-order valence-electron chi connectivity index (χ2n) is 2.10. The molecule has 0 aromatic carbocycles. The Morgan fingerprint density at radius 3 is 2.50 bits per heavy atom. The fraction of sp³-hybridized carbons (Fsp3) is 0. The molecule has 0 bridgehead atoms. The standard InChI is InChI=1S/C7H4BrN3O/c8-6-3-11-7(12-6)5-1-9-4-10-2-5/h1-4H. The molecular weight excluding hydrogens is 222 g/mol. The molecule has 12 heavy (non-hydrogen) atoms. The van der Waals surface area contributed by atoms with Gasteiger partial charge in [-0.05, 0) is 15.9 Å². The molecule has 0 aliphatic carbocycles. The van der Waals surface area contributed by atoms with Gasteiger partial charge >= 0.3 is 0 Å². The summed E-state index contributed by atoms with van der Waals surface area (Å²) in [5.41, 5.74) is 0.767. The van der Waals surface area contributed by atoms with Gasteiger partial charge in [0, 0.05) is 12.4 Å². The molecule has 0 amide bonds. The van der Waals surface area contributed by atoms with Crippen LogP contribution in [0.4, 0.5) is 0 Å². The zero-order chi connectivity index (χ0) is 8.39. The van der Waals surface area contributed by atoms with Crippen LogP contribution >= 0.6 is 15.9 Å². The van der Waals surface area contributed by atoms with Gasteiger partial charge in [0.25, 0.3) is 0 Å². The number of aromatic nitrogens is 3. The predicted octanol–water partition coefficient (Wildman–Crippen LogP) is 1.89. The molecule has 0 radical (unpaired) electrons. The molecule has 2 rings (SSSR count). The Bertz CT molecular complexity index is 373. The third-order valence-electron chi connectivity index (χ3n) is 1.29. The number of oxazole rings is 1. The summed E-state index contributed by atoms with van der Waals surface area (Å²) in [7, 11) is 0. The molecule has 5 heteroatoms. The van der Waals surface area contributed by atoms with Gasteiger partial charge in [-0.3, -0.25) is 0 Å². The van der Waals surface area contributed by atoms with Crippen molar-refractivity contribution in [3.05, 3.63) is 29.6 Å². The smallest absolute Gasteiger partial charge is 0.230 e. The van der Waals surface area contributed by atoms with Crippen molar-refractivity contribution >= 4 is 15.9 Å². The highest BCUT2D eigenvalue weighted by Crippen LogP contribution is 2.19. The molecule has 0 N–H and O–H groups in total. The third-order valence-corrected chi connectivity index (χ3v) is 1.65. The summed E-state index contributed by atoms with van der Waals surface area (Å²) in [5.74, 6) is 0.516. The van der Waals surface area contributed by atoms with Gasteiger partial charge in [0.1, 0.15) is 6.33 Å². The van der Waals surface area contributed by atoms with Crippen LogP contribution in [-0.2, 0) is 0 Å². The van der Waals surface area contributed by atoms with E-state index in [-0.39, 0.29) is 0 Å². The minimum atomic E-state index is 0.516. The lowest BCUT2D eigenvalue weighted by molar-refractivity contribution is 0.549. The van der Waals surface area contributed by atoms with Gasteiger partial charge in [-0.15, -0.1) is 0 Å². The molecule has 0 saturated heterocycles. The highest BCUT2D eigenvalue weighted by atomic mass is 79.9. The maximum atomic E-state index is 5.20. The zero-order valence-corrected chi connectivity index (χ0v) is 7.52. The van der Waals surface area contributed by atoms with Gasteiger partial charge in [-0.2, -0.15) is 0 Å². The average Bonchev–Trinajstić information content (AvgIpc) is 2.54. The number of nitrogens with zero attached hydrogens (tertiary/aromatic N) is 3. The fourth-order valence-corrected chi connectivity index (χ4v) is 1.05. The van der Waals surface area contributed by atoms with E-state index in [1.807, 2.05) is 0 Å². The zero-order valence-electron chi connectivity index (χ0n) is 5.94. The molecule has 60 valence electrons. The van der Waals surface area contributed by atoms with E-state index in [9.17, 15) is 0 Å². The minimum Gasteiger partial charge on any atom is -0.429 e. The number of halogens is 1. The first-order chi connectivity index (χ1) is 5.86. The van der Waals surface area contributed by atoms with Crippen molar-refractivity contribution in [1.82, 2.24) is 15.0 Å². The van der Waals surface area contributed by atoms with Crippen molar-refractivity contribution in [3.8, 4) is 11.5 Å². The van der Waals surface area contributed by atoms with Crippen LogP contribution in [0.5, 0.6) is 0 Å². The highest BCUT2D eigenvalue weighted by Gasteiger charge is 2.03. The molecule has 2 aromatic rings. The van der Waals surface area contributed by atoms with Crippen LogP contribution in [-0.4, -0.2) is 15.0 Å². The first-order valence-corrected chi connectivity index (χ1v) is 4.02. The lowest BCUT2D eigenvalue weighted by Crippen LogP contribution is -1.80. The van der Waals surface area contributed by atoms with Crippen LogP contribution in [0, 0.1) is 0 Å². The molecule has 0 unspecified atom stereocenters. The molecule has 0 atom stereocenters. The van der Waals surface area contributed by atoms with Crippen LogP contribution in [0.2, 0.25) is 0 Å². The van der Waals surface area contributed by atoms with Crippen molar-refractivity contribution in [2.24, 2.45) is 0 Å². The lowest BCUT2D eigenvalue weighted by Gasteiger charge is -1.90. The minimum absolute atomic E-state index is 0.516. The Morgan fingerprint density at radius 1 is 1.17 bits per heavy atom. The first-order valence-electron chi connectivity index (χ1n) is 3.23. The highest BCUT2D eigenvalue weighted by molar-refractivity contribution is 9.10. The summed E-state index contributed by atoms with van der Waals surface area (Å²) >= 11 is 3.16. The summed E-state index contributed by atoms with van der Waals surface area (Å²) in [6.45, 7) is 0. The lowest BCUT2D eigenvalue weighted by atomic mass is 10.3. The molecule has 2 heterocycles. The van der Waals surface area contributed by atoms with E-state index in [0.717, 1.165) is 5.56 Å². The molecule has 0 fully saturated rings. The van der Waals surface area contributed by atoms with E-state index in [2.05, 4.69) is 30.9 Å². The van der Waals surface area contributed by atoms with Crippen molar-refractivity contribution in [2.45, 2.75) is 0 Å². The van der Waals surface area contributed by atoms with Gasteiger partial charge in [0.15, 0.2) is 4.67 Å². The van der Waals surface area contributed by atoms with E-state index < -0.39 is 0 Å². The fourth-order valence-electron chi connectivity index (χ4n) is 0.797. The largest absolute Gasteiger partial charge is 0.429 e. The number of hydrogen-bond acceptors (Lipinski definition) is 4. The van der Waals surface area contributed by atoms with Crippen LogP contribution in [0.25, 0.3) is 11.5 Å². The summed E-state index contributed by atoms with van der Waals surface area (Å²) < 4.78 is 5.79. The average molecular weight is 226 g/mol. The van der Waals surface area contributed by atoms with Crippen LogP contribution in [0.1, 0.15) is 0 Å². The van der Waals surface area contributed by atoms with E-state index in [1.165, 1.54) is 6.33 Å². The SMILES string of the molecule is Brc1cnc(-c2cncnc2)o1. The van der Waals surface area contributed by atoms with E-state index >= 15 is 0 Å². The first kappa shape index (κ1) is 7.42. The van der Waals surface area contributed by atoms with Gasteiger partial charge in [-0.1, -0.05) is 0 Å². The maximum Gasteiger partial charge on any atom is 0.230 e. The Kier molecular flexibility index (Phi) is 1.87. The summed E-state index contributed by atoms with van der Waals surface area (Å²) in [5, 5.41) is 0. The molecular formula is C7H4BrN3O. The maximum absolute atomic E-state index is 5.20. The Labute approximate surface area is 76.8 Å². The Morgan fingerprint density at radius 2 is 1.92 bits per heavy atom. The van der Waals surface area contributed by atoms with Crippen LogP contribution in [0.3, 0.4) is 0 Å². The van der Waals surface area contributed by atoms with Gasteiger partial charge in [0.2, 0.25) is 5.89 Å². The van der Waals surface area contributed by atoms with Gasteiger partial charge in [-0.25, -0.2) is 15.0 Å². The third kappa shape index (κ3) is 1.35. The normalized spacial score (nSPS) is 10.1. The van der Waals surface area contributed by atoms with E-state index in [0.29, 0.717) is 10.6 Å². The van der Waals surface area contributed by atoms with Gasteiger partial charge < -0.3 is 4.42 Å². The molecule has 0 saturated carbocycles. The van der Waals surface area contributed by atoms with Crippen molar-refractivity contribution in [2.75, 3.05) is 0 Å². The summed E-state index contributed by atoms with van der Waals surface area (Å²) in [6, 6.07) is 0. The van der Waals surface area contributed by atoms with E-state index in [1.54, 1.807) is 18.6 Å². The summed E-state index contributed by atoms with van der Waals surface area (Å²) in [6.07, 6.45) is 6.33. The quantitative estimate of drug-likeness (QED) is 0.744. The molecule has 4 nitrogen and oxygen atoms in total. The van der Waals surface area contributed by atoms with Crippen LogP contribution < -0.4 is 0 Å². The molecule has 0 aliphatic heterocycles. The predicted molar refractivity (Wildman–Crippen MR) is 45.2 cm³/mol. The summed E-state index contributed by atoms with van der Waals surface area (Å²) in [4.78, 5) is 11.7. The molecule has 2 aromatic heterocycles. The second-order valence-corrected chi connectivity index (χ2v) is 2.88. The van der Waals surface area contributed by atoms with E-state index in [4.69, 9.17) is 4.42 Å². The monoisotopic (exact) mass is 225 g/mol. The van der Waals surface area contributed by atoms with Crippen molar-refractivity contribution in [3.63, 3.8) is 0 Å². The van der Waals surface area contributed by atoms with Gasteiger partial charge in [0.05, 0.1) is 11.8 Å². The Balaban J connectivity index is 2.45.